The van der Waals surface area contributed by atoms with E-state index in [-0.39, 0.29) is 11.1 Å². The first-order chi connectivity index (χ1) is 7.50. The van der Waals surface area contributed by atoms with Crippen molar-refractivity contribution in [2.75, 3.05) is 0 Å². The molecule has 84 valence electrons. The predicted octanol–water partition coefficient (Wildman–Crippen LogP) is 1.16. The number of aryl methyl sites for hydroxylation is 1. The Kier molecular flexibility index (Phi) is 2.22. The number of hydrogen-bond donors (Lipinski definition) is 0. The van der Waals surface area contributed by atoms with Gasteiger partial charge in [0.2, 0.25) is 0 Å². The highest BCUT2D eigenvalue weighted by atomic mass is 16.2. The Labute approximate surface area is 92.8 Å². The second kappa shape index (κ2) is 3.33. The van der Waals surface area contributed by atoms with Crippen LogP contribution in [-0.2, 0) is 0 Å². The average molecular weight is 218 g/mol. The zero-order valence-corrected chi connectivity index (χ0v) is 9.87. The Morgan fingerprint density at radius 3 is 2.06 bits per heavy atom. The highest BCUT2D eigenvalue weighted by Crippen LogP contribution is 2.10. The Hall–Kier alpha value is -1.84. The van der Waals surface area contributed by atoms with Gasteiger partial charge in [0.25, 0.3) is 11.1 Å². The number of nitrogens with zero attached hydrogens (tertiary/aromatic N) is 2. The largest absolute Gasteiger partial charge is 0.278 e. The SMILES string of the molecule is C/C=C/c1c(C)c(=O)n2c(=O)c(C)c(C)n12. The van der Waals surface area contributed by atoms with E-state index in [1.165, 1.54) is 4.52 Å². The quantitative estimate of drug-likeness (QED) is 0.720. The molecule has 0 aliphatic rings. The lowest BCUT2D eigenvalue weighted by Crippen LogP contribution is -2.23. The summed E-state index contributed by atoms with van der Waals surface area (Å²) in [6, 6.07) is 0. The van der Waals surface area contributed by atoms with Crippen molar-refractivity contribution in [2.24, 2.45) is 0 Å². The van der Waals surface area contributed by atoms with E-state index in [0.29, 0.717) is 11.1 Å². The van der Waals surface area contributed by atoms with Crippen LogP contribution in [0.15, 0.2) is 15.7 Å². The molecule has 4 heteroatoms. The lowest BCUT2D eigenvalue weighted by Gasteiger charge is -1.96. The third-order valence-electron chi connectivity index (χ3n) is 3.02. The molecular weight excluding hydrogens is 204 g/mol. The molecule has 2 aromatic heterocycles. The summed E-state index contributed by atoms with van der Waals surface area (Å²) >= 11 is 0. The molecular formula is C12H14N2O2. The van der Waals surface area contributed by atoms with Crippen molar-refractivity contribution in [3.05, 3.63) is 49.3 Å². The van der Waals surface area contributed by atoms with Crippen LogP contribution in [0, 0.1) is 20.8 Å². The molecule has 0 aliphatic carbocycles. The summed E-state index contributed by atoms with van der Waals surface area (Å²) in [5.74, 6) is 0. The zero-order chi connectivity index (χ0) is 12.0. The zero-order valence-electron chi connectivity index (χ0n) is 9.87. The van der Waals surface area contributed by atoms with Crippen LogP contribution in [0.25, 0.3) is 6.08 Å². The van der Waals surface area contributed by atoms with Crippen molar-refractivity contribution in [2.45, 2.75) is 27.7 Å². The Morgan fingerprint density at radius 1 is 0.938 bits per heavy atom. The first-order valence-corrected chi connectivity index (χ1v) is 5.20. The topological polar surface area (TPSA) is 43.0 Å². The molecule has 0 saturated carbocycles. The molecule has 0 aromatic carbocycles. The van der Waals surface area contributed by atoms with Crippen LogP contribution < -0.4 is 11.1 Å². The van der Waals surface area contributed by atoms with Crippen LogP contribution in [0.3, 0.4) is 0 Å². The summed E-state index contributed by atoms with van der Waals surface area (Å²) in [6.45, 7) is 7.22. The molecule has 2 aromatic rings. The normalized spacial score (nSPS) is 12.0. The van der Waals surface area contributed by atoms with Crippen molar-refractivity contribution >= 4 is 6.08 Å². The first kappa shape index (κ1) is 10.7. The second-order valence-corrected chi connectivity index (χ2v) is 3.95. The number of hydrogen-bond acceptors (Lipinski definition) is 2. The fraction of sp³-hybridized carbons (Fsp3) is 0.333. The van der Waals surface area contributed by atoms with Gasteiger partial charge in [-0.2, -0.15) is 4.52 Å². The molecule has 4 nitrogen and oxygen atoms in total. The highest BCUT2D eigenvalue weighted by molar-refractivity contribution is 5.50. The van der Waals surface area contributed by atoms with Gasteiger partial charge < -0.3 is 0 Å². The van der Waals surface area contributed by atoms with Crippen molar-refractivity contribution in [1.82, 2.24) is 9.03 Å². The monoisotopic (exact) mass is 218 g/mol. The van der Waals surface area contributed by atoms with Crippen LogP contribution in [0.2, 0.25) is 0 Å². The van der Waals surface area contributed by atoms with Gasteiger partial charge in [-0.25, -0.2) is 4.52 Å². The summed E-state index contributed by atoms with van der Waals surface area (Å²) in [5, 5.41) is 0. The second-order valence-electron chi connectivity index (χ2n) is 3.95. The summed E-state index contributed by atoms with van der Waals surface area (Å²) in [7, 11) is 0. The summed E-state index contributed by atoms with van der Waals surface area (Å²) in [5.41, 5.74) is 2.40. The van der Waals surface area contributed by atoms with E-state index in [4.69, 9.17) is 0 Å². The molecule has 0 N–H and O–H groups in total. The smallest absolute Gasteiger partial charge is 0.267 e. The fourth-order valence-corrected chi connectivity index (χ4v) is 1.97. The summed E-state index contributed by atoms with van der Waals surface area (Å²) in [6.07, 6.45) is 3.71. The number of allylic oxidation sites excluding steroid dienone is 1. The third kappa shape index (κ3) is 1.10. The highest BCUT2D eigenvalue weighted by Gasteiger charge is 2.18. The molecule has 0 amide bonds. The molecule has 16 heavy (non-hydrogen) atoms. The van der Waals surface area contributed by atoms with Gasteiger partial charge in [0.05, 0.1) is 5.69 Å². The van der Waals surface area contributed by atoms with Crippen LogP contribution in [0.1, 0.15) is 29.4 Å². The maximum atomic E-state index is 11.9. The van der Waals surface area contributed by atoms with Crippen molar-refractivity contribution in [3.63, 3.8) is 0 Å². The molecule has 0 fully saturated rings. The maximum absolute atomic E-state index is 11.9. The van der Waals surface area contributed by atoms with Gasteiger partial charge in [0, 0.05) is 16.8 Å². The number of fused-ring (bicyclic) bond motifs is 1. The number of rotatable bonds is 1. The molecule has 0 aliphatic heterocycles. The molecule has 0 unspecified atom stereocenters. The molecule has 0 atom stereocenters. The van der Waals surface area contributed by atoms with Crippen molar-refractivity contribution < 1.29 is 0 Å². The van der Waals surface area contributed by atoms with E-state index < -0.39 is 0 Å². The standard InChI is InChI=1S/C12H14N2O2/c1-5-6-10-8(3)12(16)14-11(15)7(2)9(4)13(10)14/h5-6H,1-4H3/b6-5+. The Bertz CT molecular complexity index is 689. The van der Waals surface area contributed by atoms with Gasteiger partial charge in [-0.3, -0.25) is 9.59 Å². The minimum Gasteiger partial charge on any atom is -0.267 e. The van der Waals surface area contributed by atoms with Gasteiger partial charge in [0.1, 0.15) is 0 Å². The van der Waals surface area contributed by atoms with E-state index in [1.54, 1.807) is 18.4 Å². The van der Waals surface area contributed by atoms with Gasteiger partial charge >= 0.3 is 0 Å². The van der Waals surface area contributed by atoms with E-state index in [2.05, 4.69) is 0 Å². The van der Waals surface area contributed by atoms with E-state index in [9.17, 15) is 9.59 Å². The molecule has 0 bridgehead atoms. The summed E-state index contributed by atoms with van der Waals surface area (Å²) in [4.78, 5) is 23.8. The number of aromatic nitrogens is 2. The van der Waals surface area contributed by atoms with E-state index >= 15 is 0 Å². The van der Waals surface area contributed by atoms with Crippen LogP contribution >= 0.6 is 0 Å². The third-order valence-corrected chi connectivity index (χ3v) is 3.02. The minimum absolute atomic E-state index is 0.221. The maximum Gasteiger partial charge on any atom is 0.278 e. The molecule has 0 saturated heterocycles. The lowest BCUT2D eigenvalue weighted by atomic mass is 10.2. The Balaban J connectivity index is 3.14. The first-order valence-electron chi connectivity index (χ1n) is 5.20. The molecule has 2 heterocycles. The lowest BCUT2D eigenvalue weighted by molar-refractivity contribution is 0.781. The fourth-order valence-electron chi connectivity index (χ4n) is 1.97. The van der Waals surface area contributed by atoms with Gasteiger partial charge in [-0.15, -0.1) is 0 Å². The average Bonchev–Trinajstić information content (AvgIpc) is 2.62. The van der Waals surface area contributed by atoms with Gasteiger partial charge in [0.15, 0.2) is 0 Å². The minimum atomic E-state index is -0.227. The molecule has 0 radical (unpaired) electrons. The van der Waals surface area contributed by atoms with Crippen LogP contribution in [0.4, 0.5) is 0 Å². The van der Waals surface area contributed by atoms with E-state index in [1.807, 2.05) is 26.0 Å². The van der Waals surface area contributed by atoms with E-state index in [0.717, 1.165) is 11.4 Å². The van der Waals surface area contributed by atoms with Crippen molar-refractivity contribution in [3.8, 4) is 0 Å². The van der Waals surface area contributed by atoms with Crippen LogP contribution in [0.5, 0.6) is 0 Å². The summed E-state index contributed by atoms with van der Waals surface area (Å²) < 4.78 is 2.89. The molecule has 2 rings (SSSR count). The van der Waals surface area contributed by atoms with Gasteiger partial charge in [-0.05, 0) is 33.8 Å². The van der Waals surface area contributed by atoms with Gasteiger partial charge in [-0.1, -0.05) is 6.08 Å². The predicted molar refractivity (Wildman–Crippen MR) is 63.5 cm³/mol. The Morgan fingerprint density at radius 2 is 1.50 bits per heavy atom. The van der Waals surface area contributed by atoms with Crippen LogP contribution in [-0.4, -0.2) is 9.03 Å². The van der Waals surface area contributed by atoms with Crippen molar-refractivity contribution in [1.29, 1.82) is 0 Å². The molecule has 0 spiro atoms.